The highest BCUT2D eigenvalue weighted by Crippen LogP contribution is 2.24. The van der Waals surface area contributed by atoms with Crippen LogP contribution in [0.25, 0.3) is 16.6 Å². The Morgan fingerprint density at radius 2 is 1.77 bits per heavy atom. The number of anilines is 1. The van der Waals surface area contributed by atoms with E-state index in [-0.39, 0.29) is 31.3 Å². The van der Waals surface area contributed by atoms with Gasteiger partial charge in [0.05, 0.1) is 11.3 Å². The average Bonchev–Trinajstić information content (AvgIpc) is 3.24. The van der Waals surface area contributed by atoms with Crippen molar-refractivity contribution < 1.29 is 32.4 Å². The minimum atomic E-state index is -5.04. The molecule has 3 N–H and O–H groups in total. The molecule has 3 aromatic rings. The molecule has 0 atom stereocenters. The van der Waals surface area contributed by atoms with Crippen molar-refractivity contribution in [1.29, 1.82) is 0 Å². The summed E-state index contributed by atoms with van der Waals surface area (Å²) in [5.41, 5.74) is 7.53. The number of carbonyl (C=O) groups excluding carboxylic acids is 3. The third-order valence-corrected chi connectivity index (χ3v) is 5.71. The van der Waals surface area contributed by atoms with Crippen LogP contribution in [-0.4, -0.2) is 51.9 Å². The first-order valence-corrected chi connectivity index (χ1v) is 10.8. The number of amides is 2. The summed E-state index contributed by atoms with van der Waals surface area (Å²) < 4.78 is 38.5. The number of nitrogens with one attached hydrogen (secondary N) is 1. The summed E-state index contributed by atoms with van der Waals surface area (Å²) in [6, 6.07) is 12.1. The van der Waals surface area contributed by atoms with Crippen LogP contribution in [0.1, 0.15) is 29.6 Å². The van der Waals surface area contributed by atoms with E-state index >= 15 is 0 Å². The molecule has 4 rings (SSSR count). The lowest BCUT2D eigenvalue weighted by Crippen LogP contribution is -2.40. The Balaban J connectivity index is 1.31. The van der Waals surface area contributed by atoms with Crippen molar-refractivity contribution in [2.75, 3.05) is 18.4 Å². The van der Waals surface area contributed by atoms with E-state index in [1.807, 2.05) is 6.07 Å². The van der Waals surface area contributed by atoms with Crippen LogP contribution < -0.4 is 11.1 Å². The van der Waals surface area contributed by atoms with Gasteiger partial charge in [0.25, 0.3) is 5.91 Å². The van der Waals surface area contributed by atoms with Crippen molar-refractivity contribution >= 4 is 34.4 Å². The predicted octanol–water partition coefficient (Wildman–Crippen LogP) is 3.19. The van der Waals surface area contributed by atoms with E-state index in [4.69, 9.17) is 5.73 Å². The number of fused-ring (bicyclic) bond motifs is 1. The molecule has 2 aromatic carbocycles. The molecular formula is C23H22F3N5O4. The van der Waals surface area contributed by atoms with Gasteiger partial charge in [-0.25, -0.2) is 9.48 Å². The Morgan fingerprint density at radius 1 is 1.09 bits per heavy atom. The van der Waals surface area contributed by atoms with Gasteiger partial charge >= 0.3 is 12.1 Å². The zero-order valence-corrected chi connectivity index (χ0v) is 18.4. The molecule has 2 amide bonds. The first-order valence-electron chi connectivity index (χ1n) is 10.8. The summed E-state index contributed by atoms with van der Waals surface area (Å²) in [7, 11) is 0. The van der Waals surface area contributed by atoms with Crippen LogP contribution in [0.15, 0.2) is 48.7 Å². The van der Waals surface area contributed by atoms with Crippen molar-refractivity contribution in [3.05, 3.63) is 54.2 Å². The number of carbonyl (C=O) groups is 3. The van der Waals surface area contributed by atoms with Crippen LogP contribution in [0.4, 0.5) is 18.9 Å². The number of hydroxylamine groups is 2. The molecule has 12 heteroatoms. The molecule has 2 heterocycles. The monoisotopic (exact) mass is 489 g/mol. The molecule has 0 aliphatic carbocycles. The predicted molar refractivity (Wildman–Crippen MR) is 119 cm³/mol. The number of hydrogen-bond donors (Lipinski definition) is 2. The second-order valence-corrected chi connectivity index (χ2v) is 8.23. The quantitative estimate of drug-likeness (QED) is 0.549. The number of nitrogens with two attached hydrogens (primary N) is 1. The van der Waals surface area contributed by atoms with Gasteiger partial charge < -0.3 is 15.9 Å². The summed E-state index contributed by atoms with van der Waals surface area (Å²) in [6.45, 7) is 0.258. The van der Waals surface area contributed by atoms with E-state index in [9.17, 15) is 27.6 Å². The zero-order chi connectivity index (χ0) is 25.2. The van der Waals surface area contributed by atoms with E-state index in [0.29, 0.717) is 29.6 Å². The number of rotatable bonds is 6. The van der Waals surface area contributed by atoms with Gasteiger partial charge in [-0.1, -0.05) is 12.1 Å². The lowest BCUT2D eigenvalue weighted by atomic mass is 9.94. The van der Waals surface area contributed by atoms with E-state index in [1.165, 1.54) is 0 Å². The third kappa shape index (κ3) is 5.77. The van der Waals surface area contributed by atoms with Gasteiger partial charge in [-0.3, -0.25) is 9.59 Å². The number of benzene rings is 2. The van der Waals surface area contributed by atoms with Crippen molar-refractivity contribution in [3.8, 4) is 5.69 Å². The molecule has 0 saturated carbocycles. The molecule has 184 valence electrons. The Morgan fingerprint density at radius 3 is 2.40 bits per heavy atom. The van der Waals surface area contributed by atoms with Gasteiger partial charge in [-0.2, -0.15) is 18.3 Å². The van der Waals surface area contributed by atoms with Crippen LogP contribution in [0, 0.1) is 5.92 Å². The summed E-state index contributed by atoms with van der Waals surface area (Å²) in [5.74, 6) is -3.06. The molecule has 1 aliphatic rings. The zero-order valence-electron chi connectivity index (χ0n) is 18.4. The molecule has 1 aromatic heterocycles. The Hall–Kier alpha value is -3.93. The van der Waals surface area contributed by atoms with Gasteiger partial charge in [0.15, 0.2) is 0 Å². The van der Waals surface area contributed by atoms with Gasteiger partial charge in [-0.15, -0.1) is 5.06 Å². The number of nitrogens with zero attached hydrogens (tertiary/aromatic N) is 3. The molecule has 9 nitrogen and oxygen atoms in total. The molecule has 0 radical (unpaired) electrons. The maximum atomic E-state index is 12.4. The fourth-order valence-corrected chi connectivity index (χ4v) is 3.92. The summed E-state index contributed by atoms with van der Waals surface area (Å²) >= 11 is 0. The number of alkyl halides is 3. The Labute approximate surface area is 197 Å². The highest BCUT2D eigenvalue weighted by atomic mass is 19.4. The highest BCUT2D eigenvalue weighted by Gasteiger charge is 2.43. The number of primary amides is 1. The van der Waals surface area contributed by atoms with Gasteiger partial charge in [-0.05, 0) is 49.1 Å². The smallest absolute Gasteiger partial charge is 0.366 e. The standard InChI is InChI=1S/C23H22F3N5O4/c24-23(25,26)22(34)35-30-10-8-14(9-11-30)12-19(32)28-16-4-6-17(7-5-16)31-13-15-2-1-3-18(21(27)33)20(15)29-31/h1-7,13-14H,8-12H2,(H2,27,33)(H,28,32). The van der Waals surface area contributed by atoms with Crippen LogP contribution in [0.3, 0.4) is 0 Å². The van der Waals surface area contributed by atoms with E-state index in [2.05, 4.69) is 15.3 Å². The Kier molecular flexibility index (Phi) is 6.74. The Bertz CT molecular complexity index is 1250. The second-order valence-electron chi connectivity index (χ2n) is 8.23. The molecule has 1 aliphatic heterocycles. The molecular weight excluding hydrogens is 467 g/mol. The molecule has 1 saturated heterocycles. The van der Waals surface area contributed by atoms with Gasteiger partial charge in [0, 0.05) is 36.8 Å². The van der Waals surface area contributed by atoms with Crippen molar-refractivity contribution in [3.63, 3.8) is 0 Å². The van der Waals surface area contributed by atoms with Crippen LogP contribution in [-0.2, 0) is 14.4 Å². The largest absolute Gasteiger partial charge is 0.492 e. The lowest BCUT2D eigenvalue weighted by molar-refractivity contribution is -0.242. The van der Waals surface area contributed by atoms with Crippen LogP contribution >= 0.6 is 0 Å². The maximum absolute atomic E-state index is 12.4. The number of piperidine rings is 1. The maximum Gasteiger partial charge on any atom is 0.492 e. The SMILES string of the molecule is NC(=O)c1cccc2cn(-c3ccc(NC(=O)CC4CCN(OC(=O)C(F)(F)F)CC4)cc3)nc12. The van der Waals surface area contributed by atoms with Gasteiger partial charge in [0.1, 0.15) is 5.52 Å². The van der Waals surface area contributed by atoms with Crippen molar-refractivity contribution in [2.24, 2.45) is 11.7 Å². The first kappa shape index (κ1) is 24.2. The first-order chi connectivity index (χ1) is 16.6. The van der Waals surface area contributed by atoms with Gasteiger partial charge in [0.2, 0.25) is 5.91 Å². The normalized spacial score (nSPS) is 15.2. The van der Waals surface area contributed by atoms with Crippen LogP contribution in [0.5, 0.6) is 0 Å². The van der Waals surface area contributed by atoms with E-state index < -0.39 is 18.1 Å². The lowest BCUT2D eigenvalue weighted by Gasteiger charge is -2.30. The fourth-order valence-electron chi connectivity index (χ4n) is 3.92. The average molecular weight is 489 g/mol. The van der Waals surface area contributed by atoms with Crippen LogP contribution in [0.2, 0.25) is 0 Å². The number of halogens is 3. The fraction of sp³-hybridized carbons (Fsp3) is 0.304. The summed E-state index contributed by atoms with van der Waals surface area (Å²) in [6.07, 6.45) is -2.21. The minimum Gasteiger partial charge on any atom is -0.366 e. The molecule has 35 heavy (non-hydrogen) atoms. The molecule has 0 bridgehead atoms. The third-order valence-electron chi connectivity index (χ3n) is 5.71. The molecule has 1 fully saturated rings. The molecule has 0 unspecified atom stereocenters. The van der Waals surface area contributed by atoms with E-state index in [0.717, 1.165) is 16.1 Å². The number of aromatic nitrogens is 2. The molecule has 0 spiro atoms. The van der Waals surface area contributed by atoms with Crippen molar-refractivity contribution in [1.82, 2.24) is 14.8 Å². The summed E-state index contributed by atoms with van der Waals surface area (Å²) in [4.78, 5) is 39.3. The minimum absolute atomic E-state index is 0.0360. The summed E-state index contributed by atoms with van der Waals surface area (Å²) in [5, 5.41) is 8.99. The topological polar surface area (TPSA) is 120 Å². The number of hydrogen-bond acceptors (Lipinski definition) is 6. The second kappa shape index (κ2) is 9.74. The van der Waals surface area contributed by atoms with E-state index in [1.54, 1.807) is 47.3 Å². The van der Waals surface area contributed by atoms with Crippen molar-refractivity contribution in [2.45, 2.75) is 25.4 Å². The highest BCUT2D eigenvalue weighted by molar-refractivity contribution is 6.04.